The number of unbranched alkanes of at least 4 members (excludes halogenated alkanes) is 3. The first-order chi connectivity index (χ1) is 15.9. The highest BCUT2D eigenvalue weighted by Crippen LogP contribution is 2.40. The predicted molar refractivity (Wildman–Crippen MR) is 124 cm³/mol. The zero-order chi connectivity index (χ0) is 23.5. The van der Waals surface area contributed by atoms with E-state index in [0.717, 1.165) is 37.8 Å². The van der Waals surface area contributed by atoms with Crippen LogP contribution in [0, 0.1) is 29.2 Å². The summed E-state index contributed by atoms with van der Waals surface area (Å²) in [4.78, 5) is 0. The molecule has 0 radical (unpaired) electrons. The second kappa shape index (κ2) is 10.1. The van der Waals surface area contributed by atoms with Crippen LogP contribution in [0.25, 0.3) is 21.9 Å². The number of hydrogen-bond donors (Lipinski definition) is 1. The van der Waals surface area contributed by atoms with E-state index in [-0.39, 0.29) is 22.4 Å². The smallest absolute Gasteiger partial charge is 0.175 e. The predicted octanol–water partition coefficient (Wildman–Crippen LogP) is 9.01. The Labute approximate surface area is 192 Å². The molecule has 0 atom stereocenters. The van der Waals surface area contributed by atoms with E-state index < -0.39 is 34.4 Å². The fourth-order valence-corrected chi connectivity index (χ4v) is 5.25. The highest BCUT2D eigenvalue weighted by molar-refractivity contribution is 5.89. The second-order valence-electron chi connectivity index (χ2n) is 9.38. The molecule has 1 aliphatic rings. The highest BCUT2D eigenvalue weighted by atomic mass is 19.1. The van der Waals surface area contributed by atoms with Gasteiger partial charge < -0.3 is 5.11 Å². The number of aromatic hydroxyl groups is 1. The first-order valence-electron chi connectivity index (χ1n) is 12.0. The van der Waals surface area contributed by atoms with Crippen molar-refractivity contribution in [3.05, 3.63) is 65.2 Å². The van der Waals surface area contributed by atoms with Crippen molar-refractivity contribution in [2.45, 2.75) is 70.6 Å². The molecule has 0 saturated heterocycles. The number of rotatable bonds is 7. The summed E-state index contributed by atoms with van der Waals surface area (Å²) in [5.74, 6) is -3.40. The summed E-state index contributed by atoms with van der Waals surface area (Å²) in [6, 6.07) is 7.40. The van der Waals surface area contributed by atoms with Crippen LogP contribution in [0.2, 0.25) is 0 Å². The van der Waals surface area contributed by atoms with E-state index in [9.17, 15) is 13.9 Å². The molecule has 0 unspecified atom stereocenters. The molecule has 0 amide bonds. The topological polar surface area (TPSA) is 20.2 Å². The Kier molecular flexibility index (Phi) is 7.26. The van der Waals surface area contributed by atoms with Gasteiger partial charge in [0, 0.05) is 0 Å². The van der Waals surface area contributed by atoms with Crippen molar-refractivity contribution in [1.29, 1.82) is 0 Å². The van der Waals surface area contributed by atoms with Gasteiger partial charge in [-0.05, 0) is 84.4 Å². The second-order valence-corrected chi connectivity index (χ2v) is 9.38. The molecule has 33 heavy (non-hydrogen) atoms. The molecular weight excluding hydrogens is 428 g/mol. The maximum absolute atomic E-state index is 15.1. The Morgan fingerprint density at radius 3 is 2.18 bits per heavy atom. The summed E-state index contributed by atoms with van der Waals surface area (Å²) in [7, 11) is 0. The van der Waals surface area contributed by atoms with Gasteiger partial charge >= 0.3 is 0 Å². The quantitative estimate of drug-likeness (QED) is 0.277. The molecule has 1 fully saturated rings. The minimum atomic E-state index is -1.09. The molecule has 3 aromatic rings. The lowest BCUT2D eigenvalue weighted by Crippen LogP contribution is -2.14. The van der Waals surface area contributed by atoms with E-state index in [2.05, 4.69) is 6.92 Å². The van der Waals surface area contributed by atoms with E-state index in [0.29, 0.717) is 11.5 Å². The van der Waals surface area contributed by atoms with E-state index in [1.54, 1.807) is 0 Å². The first kappa shape index (κ1) is 23.6. The fraction of sp³-hybridized carbons (Fsp3) is 0.429. The van der Waals surface area contributed by atoms with Gasteiger partial charge in [-0.2, -0.15) is 0 Å². The van der Waals surface area contributed by atoms with Gasteiger partial charge in [0.15, 0.2) is 11.6 Å². The molecule has 1 saturated carbocycles. The van der Waals surface area contributed by atoms with Crippen molar-refractivity contribution < 1.29 is 22.7 Å². The van der Waals surface area contributed by atoms with Crippen LogP contribution < -0.4 is 0 Å². The van der Waals surface area contributed by atoms with E-state index in [1.165, 1.54) is 56.4 Å². The van der Waals surface area contributed by atoms with Gasteiger partial charge in [0.25, 0.3) is 0 Å². The number of halogens is 4. The monoisotopic (exact) mass is 458 g/mol. The summed E-state index contributed by atoms with van der Waals surface area (Å²) in [5, 5.41) is 9.21. The number of phenolic OH excluding ortho intramolecular Hbond substituents is 1. The summed E-state index contributed by atoms with van der Waals surface area (Å²) < 4.78 is 58.8. The maximum Gasteiger partial charge on any atom is 0.175 e. The Hall–Kier alpha value is -2.56. The third-order valence-corrected chi connectivity index (χ3v) is 7.12. The van der Waals surface area contributed by atoms with Crippen molar-refractivity contribution in [1.82, 2.24) is 0 Å². The first-order valence-corrected chi connectivity index (χ1v) is 12.0. The molecule has 176 valence electrons. The third-order valence-electron chi connectivity index (χ3n) is 7.12. The van der Waals surface area contributed by atoms with Crippen LogP contribution in [-0.2, 0) is 0 Å². The van der Waals surface area contributed by atoms with E-state index in [4.69, 9.17) is 0 Å². The summed E-state index contributed by atoms with van der Waals surface area (Å²) in [6.07, 6.45) is 10.3. The van der Waals surface area contributed by atoms with Gasteiger partial charge in [0.05, 0.1) is 10.9 Å². The summed E-state index contributed by atoms with van der Waals surface area (Å²) in [5.41, 5.74) is 0.329. The zero-order valence-corrected chi connectivity index (χ0v) is 18.9. The molecule has 0 aliphatic heterocycles. The average Bonchev–Trinajstić information content (AvgIpc) is 2.79. The van der Waals surface area contributed by atoms with E-state index in [1.807, 2.05) is 0 Å². The fourth-order valence-electron chi connectivity index (χ4n) is 5.25. The summed E-state index contributed by atoms with van der Waals surface area (Å²) >= 11 is 0. The lowest BCUT2D eigenvalue weighted by atomic mass is 9.76. The average molecular weight is 459 g/mol. The highest BCUT2D eigenvalue weighted by Gasteiger charge is 2.25. The van der Waals surface area contributed by atoms with Gasteiger partial charge in [-0.3, -0.25) is 0 Å². The van der Waals surface area contributed by atoms with Crippen LogP contribution in [0.3, 0.4) is 0 Å². The molecule has 4 rings (SSSR count). The Morgan fingerprint density at radius 1 is 0.818 bits per heavy atom. The lowest BCUT2D eigenvalue weighted by molar-refractivity contribution is 0.301. The van der Waals surface area contributed by atoms with Gasteiger partial charge in [-0.1, -0.05) is 45.1 Å². The van der Waals surface area contributed by atoms with E-state index >= 15 is 8.78 Å². The molecule has 0 heterocycles. The van der Waals surface area contributed by atoms with Crippen LogP contribution in [0.1, 0.15) is 76.2 Å². The molecule has 0 bridgehead atoms. The summed E-state index contributed by atoms with van der Waals surface area (Å²) in [6.45, 7) is 2.21. The molecule has 5 heteroatoms. The van der Waals surface area contributed by atoms with Gasteiger partial charge in [-0.25, -0.2) is 17.6 Å². The van der Waals surface area contributed by atoms with Gasteiger partial charge in [-0.15, -0.1) is 0 Å². The van der Waals surface area contributed by atoms with Gasteiger partial charge in [0.2, 0.25) is 0 Å². The molecule has 3 aromatic carbocycles. The molecule has 0 spiro atoms. The molecule has 1 N–H and O–H groups in total. The van der Waals surface area contributed by atoms with Crippen LogP contribution >= 0.6 is 0 Å². The minimum absolute atomic E-state index is 0.00225. The minimum Gasteiger partial charge on any atom is -0.505 e. The molecular formula is C28H30F4O. The van der Waals surface area contributed by atoms with Crippen LogP contribution in [0.5, 0.6) is 5.75 Å². The Balaban J connectivity index is 1.53. The number of hydrogen-bond acceptors (Lipinski definition) is 1. The number of phenols is 1. The van der Waals surface area contributed by atoms with Crippen LogP contribution in [0.4, 0.5) is 17.6 Å². The number of benzene rings is 3. The van der Waals surface area contributed by atoms with Crippen molar-refractivity contribution in [3.8, 4) is 16.9 Å². The molecule has 0 aromatic heterocycles. The molecule has 1 nitrogen and oxygen atoms in total. The van der Waals surface area contributed by atoms with Crippen molar-refractivity contribution in [2.24, 2.45) is 5.92 Å². The van der Waals surface area contributed by atoms with Crippen molar-refractivity contribution in [3.63, 3.8) is 0 Å². The third kappa shape index (κ3) is 5.02. The SMILES string of the molecule is CCCCCCC1CCC(c2cc(F)c(-c3cc(F)c4c(F)c(O)ccc4c3)c(F)c2)CC1. The standard InChI is InChI=1S/C28H30F4O/c1-2-3-4-5-6-17-7-9-18(10-8-17)20-14-22(29)26(23(30)15-20)21-13-19-11-12-25(33)28(32)27(19)24(31)16-21/h11-18,33H,2-10H2,1H3. The van der Waals surface area contributed by atoms with Crippen LogP contribution in [0.15, 0.2) is 36.4 Å². The van der Waals surface area contributed by atoms with Crippen LogP contribution in [-0.4, -0.2) is 5.11 Å². The van der Waals surface area contributed by atoms with Crippen molar-refractivity contribution >= 4 is 10.8 Å². The molecule has 1 aliphatic carbocycles. The Bertz CT molecular complexity index is 1110. The zero-order valence-electron chi connectivity index (χ0n) is 18.9. The van der Waals surface area contributed by atoms with Crippen molar-refractivity contribution in [2.75, 3.05) is 0 Å². The lowest BCUT2D eigenvalue weighted by Gasteiger charge is -2.29. The number of fused-ring (bicyclic) bond motifs is 1. The largest absolute Gasteiger partial charge is 0.505 e. The maximum atomic E-state index is 15.1. The van der Waals surface area contributed by atoms with Gasteiger partial charge in [0.1, 0.15) is 17.5 Å². The normalized spacial score (nSPS) is 18.7. The Morgan fingerprint density at radius 2 is 1.52 bits per heavy atom.